The Morgan fingerprint density at radius 1 is 1.00 bits per heavy atom. The molecule has 7 heteroatoms. The average molecular weight is 561 g/mol. The summed E-state index contributed by atoms with van der Waals surface area (Å²) in [4.78, 5) is 13.8. The predicted octanol–water partition coefficient (Wildman–Crippen LogP) is 6.40. The lowest BCUT2D eigenvalue weighted by Gasteiger charge is -2.36. The van der Waals surface area contributed by atoms with E-state index in [0.29, 0.717) is 17.9 Å². The van der Waals surface area contributed by atoms with E-state index in [2.05, 4.69) is 44.3 Å². The van der Waals surface area contributed by atoms with E-state index in [1.807, 2.05) is 26.0 Å². The molecular weight excluding hydrogens is 520 g/mol. The summed E-state index contributed by atoms with van der Waals surface area (Å²) in [5.41, 5.74) is 6.07. The molecule has 0 fully saturated rings. The minimum absolute atomic E-state index is 0.108. The normalized spacial score (nSPS) is 17.8. The van der Waals surface area contributed by atoms with Crippen LogP contribution in [0.5, 0.6) is 5.75 Å². The van der Waals surface area contributed by atoms with Gasteiger partial charge >= 0.3 is 0 Å². The van der Waals surface area contributed by atoms with E-state index in [0.717, 1.165) is 29.5 Å². The molecule has 5 rings (SSSR count). The van der Waals surface area contributed by atoms with Gasteiger partial charge in [0.2, 0.25) is 0 Å². The molecule has 2 aliphatic rings. The number of carbonyl (C=O) groups excluding carboxylic acids is 1. The van der Waals surface area contributed by atoms with Crippen molar-refractivity contribution in [2.24, 2.45) is 0 Å². The van der Waals surface area contributed by atoms with Crippen molar-refractivity contribution in [1.29, 1.82) is 0 Å². The van der Waals surface area contributed by atoms with Crippen LogP contribution in [0.2, 0.25) is 0 Å². The molecule has 0 aromatic heterocycles. The first kappa shape index (κ1) is 28.2. The highest BCUT2D eigenvalue weighted by atomic mass is 32.2. The molecule has 1 amide bonds. The van der Waals surface area contributed by atoms with Crippen molar-refractivity contribution in [2.45, 2.75) is 89.2 Å². The highest BCUT2D eigenvalue weighted by Crippen LogP contribution is 2.40. The Bertz CT molecular complexity index is 1510. The van der Waals surface area contributed by atoms with Crippen LogP contribution in [0.25, 0.3) is 0 Å². The highest BCUT2D eigenvalue weighted by molar-refractivity contribution is 7.92. The van der Waals surface area contributed by atoms with Crippen molar-refractivity contribution in [3.8, 4) is 5.75 Å². The zero-order valence-electron chi connectivity index (χ0n) is 24.2. The van der Waals surface area contributed by atoms with Crippen molar-refractivity contribution in [1.82, 2.24) is 5.32 Å². The van der Waals surface area contributed by atoms with Crippen LogP contribution < -0.4 is 14.4 Å². The first-order valence-corrected chi connectivity index (χ1v) is 15.7. The number of hydrogen-bond acceptors (Lipinski definition) is 4. The molecule has 0 radical (unpaired) electrons. The van der Waals surface area contributed by atoms with Crippen LogP contribution in [-0.2, 0) is 33.1 Å². The van der Waals surface area contributed by atoms with Gasteiger partial charge in [-0.2, -0.15) is 0 Å². The van der Waals surface area contributed by atoms with Gasteiger partial charge in [0.15, 0.2) is 6.10 Å². The molecular formula is C33H40N2O4S. The van der Waals surface area contributed by atoms with Crippen LogP contribution in [0.3, 0.4) is 0 Å². The van der Waals surface area contributed by atoms with Gasteiger partial charge in [-0.25, -0.2) is 8.42 Å². The first-order valence-electron chi connectivity index (χ1n) is 14.3. The van der Waals surface area contributed by atoms with E-state index < -0.39 is 16.1 Å². The van der Waals surface area contributed by atoms with E-state index in [1.54, 1.807) is 30.3 Å². The molecule has 0 bridgehead atoms. The fourth-order valence-corrected chi connectivity index (χ4v) is 7.04. The summed E-state index contributed by atoms with van der Waals surface area (Å²) in [5.74, 6) is 0.0659. The highest BCUT2D eigenvalue weighted by Gasteiger charge is 2.39. The molecule has 1 heterocycles. The SMILES string of the molecule is CC[C@@H](NC(=O)[C@H]1CN(S(=O)(=O)c2ccc(C)cc2)c2cc(C(C)(C)C)ccc2O1)c1ccc2c(c1)CCCC2. The van der Waals surface area contributed by atoms with Gasteiger partial charge in [0.05, 0.1) is 23.2 Å². The van der Waals surface area contributed by atoms with E-state index in [9.17, 15) is 13.2 Å². The smallest absolute Gasteiger partial charge is 0.264 e. The number of carbonyl (C=O) groups is 1. The second-order valence-corrected chi connectivity index (χ2v) is 14.0. The molecule has 1 N–H and O–H groups in total. The Morgan fingerprint density at radius 2 is 1.70 bits per heavy atom. The van der Waals surface area contributed by atoms with Crippen molar-refractivity contribution < 1.29 is 17.9 Å². The molecule has 1 aliphatic carbocycles. The summed E-state index contributed by atoms with van der Waals surface area (Å²) < 4.78 is 35.5. The van der Waals surface area contributed by atoms with Crippen molar-refractivity contribution in [3.05, 3.63) is 88.5 Å². The maximum absolute atomic E-state index is 14.0. The molecule has 0 saturated carbocycles. The van der Waals surface area contributed by atoms with Crippen molar-refractivity contribution in [3.63, 3.8) is 0 Å². The number of ether oxygens (including phenoxy) is 1. The molecule has 3 aromatic rings. The summed E-state index contributed by atoms with van der Waals surface area (Å²) in [6.07, 6.45) is 4.32. The lowest BCUT2D eigenvalue weighted by Crippen LogP contribution is -2.51. The minimum Gasteiger partial charge on any atom is -0.476 e. The number of sulfonamides is 1. The zero-order chi connectivity index (χ0) is 28.7. The number of hydrogen-bond donors (Lipinski definition) is 1. The van der Waals surface area contributed by atoms with Crippen LogP contribution >= 0.6 is 0 Å². The standard InChI is InChI=1S/C33H40N2O4S/c1-6-28(25-14-13-23-9-7-8-10-24(23)19-25)34-32(36)31-21-35(40(37,38)27-16-11-22(2)12-17-27)29-20-26(33(3,4)5)15-18-30(29)39-31/h11-20,28,31H,6-10,21H2,1-5H3,(H,34,36)/t28-,31-/m1/s1. The number of rotatable bonds is 6. The first-order chi connectivity index (χ1) is 19.0. The van der Waals surface area contributed by atoms with Crippen molar-refractivity contribution >= 4 is 21.6 Å². The van der Waals surface area contributed by atoms with Crippen LogP contribution in [0.1, 0.15) is 80.8 Å². The number of nitrogens with zero attached hydrogens (tertiary/aromatic N) is 1. The maximum atomic E-state index is 14.0. The average Bonchev–Trinajstić information content (AvgIpc) is 2.94. The van der Waals surface area contributed by atoms with Gasteiger partial charge in [-0.15, -0.1) is 0 Å². The number of amides is 1. The molecule has 0 spiro atoms. The van der Waals surface area contributed by atoms with Crippen LogP contribution in [0, 0.1) is 6.92 Å². The third kappa shape index (κ3) is 5.62. The van der Waals surface area contributed by atoms with E-state index in [4.69, 9.17) is 4.74 Å². The van der Waals surface area contributed by atoms with Gasteiger partial charge in [-0.05, 0) is 91.0 Å². The monoisotopic (exact) mass is 560 g/mol. The number of fused-ring (bicyclic) bond motifs is 2. The quantitative estimate of drug-likeness (QED) is 0.379. The molecule has 0 unspecified atom stereocenters. The summed E-state index contributed by atoms with van der Waals surface area (Å²) >= 11 is 0. The Morgan fingerprint density at radius 3 is 2.38 bits per heavy atom. The summed E-state index contributed by atoms with van der Waals surface area (Å²) in [7, 11) is -3.94. The van der Waals surface area contributed by atoms with E-state index in [-0.39, 0.29) is 28.8 Å². The lowest BCUT2D eigenvalue weighted by atomic mass is 9.86. The maximum Gasteiger partial charge on any atom is 0.264 e. The predicted molar refractivity (Wildman–Crippen MR) is 160 cm³/mol. The molecule has 0 saturated heterocycles. The Hall–Kier alpha value is -3.32. The number of anilines is 1. The summed E-state index contributed by atoms with van der Waals surface area (Å²) in [6, 6.07) is 18.7. The molecule has 2 atom stereocenters. The fourth-order valence-electron chi connectivity index (χ4n) is 5.58. The molecule has 212 valence electrons. The van der Waals surface area contributed by atoms with E-state index >= 15 is 0 Å². The van der Waals surface area contributed by atoms with Gasteiger partial charge in [0.1, 0.15) is 5.75 Å². The summed E-state index contributed by atoms with van der Waals surface area (Å²) in [5, 5.41) is 3.16. The minimum atomic E-state index is -3.94. The summed E-state index contributed by atoms with van der Waals surface area (Å²) in [6.45, 7) is 10.1. The largest absolute Gasteiger partial charge is 0.476 e. The molecule has 1 aliphatic heterocycles. The van der Waals surface area contributed by atoms with Crippen molar-refractivity contribution in [2.75, 3.05) is 10.8 Å². The number of aryl methyl sites for hydroxylation is 3. The van der Waals surface area contributed by atoms with Crippen LogP contribution in [0.4, 0.5) is 5.69 Å². The van der Waals surface area contributed by atoms with E-state index in [1.165, 1.54) is 28.3 Å². The van der Waals surface area contributed by atoms with Gasteiger partial charge < -0.3 is 10.1 Å². The number of benzene rings is 3. The lowest BCUT2D eigenvalue weighted by molar-refractivity contribution is -0.128. The number of nitrogens with one attached hydrogen (secondary N) is 1. The topological polar surface area (TPSA) is 75.7 Å². The molecule has 6 nitrogen and oxygen atoms in total. The Kier molecular flexibility index (Phi) is 7.71. The fraction of sp³-hybridized carbons (Fsp3) is 0.424. The second kappa shape index (κ2) is 10.9. The molecule has 40 heavy (non-hydrogen) atoms. The third-order valence-electron chi connectivity index (χ3n) is 8.10. The second-order valence-electron chi connectivity index (χ2n) is 12.1. The third-order valence-corrected chi connectivity index (χ3v) is 9.89. The van der Waals surface area contributed by atoms with Gasteiger partial charge in [-0.3, -0.25) is 9.10 Å². The van der Waals surface area contributed by atoms with Gasteiger partial charge in [-0.1, -0.05) is 69.7 Å². The van der Waals surface area contributed by atoms with Crippen LogP contribution in [-0.4, -0.2) is 27.0 Å². The van der Waals surface area contributed by atoms with Gasteiger partial charge in [0.25, 0.3) is 15.9 Å². The van der Waals surface area contributed by atoms with Crippen LogP contribution in [0.15, 0.2) is 65.6 Å². The van der Waals surface area contributed by atoms with Gasteiger partial charge in [0, 0.05) is 0 Å². The molecule has 3 aromatic carbocycles. The zero-order valence-corrected chi connectivity index (χ0v) is 25.0. The Balaban J connectivity index is 1.46. The Labute approximate surface area is 238 Å².